The highest BCUT2D eigenvalue weighted by Crippen LogP contribution is 2.21. The molecule has 0 aliphatic carbocycles. The molecule has 0 saturated carbocycles. The zero-order chi connectivity index (χ0) is 13.4. The van der Waals surface area contributed by atoms with Crippen LogP contribution < -0.4 is 0 Å². The fourth-order valence-corrected chi connectivity index (χ4v) is 1.30. The molecule has 1 rings (SSSR count). The maximum Gasteiger partial charge on any atom is 0.277 e. The highest BCUT2D eigenvalue weighted by molar-refractivity contribution is 5.62. The van der Waals surface area contributed by atoms with Gasteiger partial charge in [-0.25, -0.2) is 0 Å². The van der Waals surface area contributed by atoms with Gasteiger partial charge in [-0.1, -0.05) is 17.3 Å². The molecule has 0 amide bonds. The van der Waals surface area contributed by atoms with Crippen molar-refractivity contribution < 1.29 is 4.92 Å². The van der Waals surface area contributed by atoms with Crippen molar-refractivity contribution in [1.29, 1.82) is 5.26 Å². The summed E-state index contributed by atoms with van der Waals surface area (Å²) >= 11 is 0. The van der Waals surface area contributed by atoms with Crippen LogP contribution in [0.3, 0.4) is 0 Å². The minimum atomic E-state index is -0.534. The summed E-state index contributed by atoms with van der Waals surface area (Å²) in [5.74, 6) is 0. The standard InChI is InChI=1S/C11H9N5O2/c12-8-9-4-5-10(11(7-9)16(17)18)3-1-2-6-14-15-13/h1,3-5,7H,2,6H2. The number of hydrogen-bond acceptors (Lipinski definition) is 4. The minimum absolute atomic E-state index is 0.117. The van der Waals surface area contributed by atoms with Gasteiger partial charge >= 0.3 is 0 Å². The number of azide groups is 1. The summed E-state index contributed by atoms with van der Waals surface area (Å²) in [7, 11) is 0. The lowest BCUT2D eigenvalue weighted by molar-refractivity contribution is -0.385. The van der Waals surface area contributed by atoms with Crippen LogP contribution in [0.2, 0.25) is 0 Å². The molecule has 90 valence electrons. The van der Waals surface area contributed by atoms with Crippen molar-refractivity contribution in [2.45, 2.75) is 6.42 Å². The molecule has 0 fully saturated rings. The zero-order valence-corrected chi connectivity index (χ0v) is 9.35. The molecule has 0 heterocycles. The van der Waals surface area contributed by atoms with Crippen molar-refractivity contribution in [2.24, 2.45) is 5.11 Å². The van der Waals surface area contributed by atoms with Crippen molar-refractivity contribution in [3.05, 3.63) is 56.0 Å². The molecule has 0 aliphatic rings. The van der Waals surface area contributed by atoms with Crippen LogP contribution in [0.4, 0.5) is 5.69 Å². The number of nitro groups is 1. The van der Waals surface area contributed by atoms with Crippen LogP contribution in [-0.4, -0.2) is 11.5 Å². The third kappa shape index (κ3) is 3.63. The third-order valence-corrected chi connectivity index (χ3v) is 2.11. The maximum atomic E-state index is 10.8. The van der Waals surface area contributed by atoms with E-state index >= 15 is 0 Å². The Labute approximate surface area is 103 Å². The summed E-state index contributed by atoms with van der Waals surface area (Å²) in [6.45, 7) is 0.303. The average molecular weight is 243 g/mol. The summed E-state index contributed by atoms with van der Waals surface area (Å²) < 4.78 is 0. The molecule has 0 bridgehead atoms. The van der Waals surface area contributed by atoms with Crippen molar-refractivity contribution >= 4 is 11.8 Å². The molecular weight excluding hydrogens is 234 g/mol. The van der Waals surface area contributed by atoms with Crippen LogP contribution in [0.5, 0.6) is 0 Å². The van der Waals surface area contributed by atoms with E-state index in [1.807, 2.05) is 6.07 Å². The Morgan fingerprint density at radius 2 is 2.39 bits per heavy atom. The summed E-state index contributed by atoms with van der Waals surface area (Å²) in [6, 6.07) is 6.11. The minimum Gasteiger partial charge on any atom is -0.258 e. The van der Waals surface area contributed by atoms with E-state index in [2.05, 4.69) is 10.0 Å². The fourth-order valence-electron chi connectivity index (χ4n) is 1.30. The van der Waals surface area contributed by atoms with Gasteiger partial charge in [0.15, 0.2) is 0 Å². The van der Waals surface area contributed by atoms with Crippen molar-refractivity contribution in [3.63, 3.8) is 0 Å². The predicted molar refractivity (Wildman–Crippen MR) is 65.5 cm³/mol. The molecule has 0 atom stereocenters. The van der Waals surface area contributed by atoms with Crippen molar-refractivity contribution in [2.75, 3.05) is 6.54 Å². The van der Waals surface area contributed by atoms with E-state index in [1.165, 1.54) is 18.2 Å². The SMILES string of the molecule is N#Cc1ccc(C=CCCN=[N+]=[N-])c([N+](=O)[O-])c1. The van der Waals surface area contributed by atoms with Crippen LogP contribution in [-0.2, 0) is 0 Å². The highest BCUT2D eigenvalue weighted by atomic mass is 16.6. The van der Waals surface area contributed by atoms with Gasteiger partial charge in [0.2, 0.25) is 0 Å². The van der Waals surface area contributed by atoms with E-state index < -0.39 is 4.92 Å². The van der Waals surface area contributed by atoms with Gasteiger partial charge in [0.1, 0.15) is 0 Å². The molecule has 7 nitrogen and oxygen atoms in total. The van der Waals surface area contributed by atoms with Crippen LogP contribution in [0.25, 0.3) is 16.5 Å². The smallest absolute Gasteiger partial charge is 0.258 e. The summed E-state index contributed by atoms with van der Waals surface area (Å²) in [5, 5.41) is 22.8. The van der Waals surface area contributed by atoms with E-state index in [0.29, 0.717) is 18.5 Å². The zero-order valence-electron chi connectivity index (χ0n) is 9.35. The van der Waals surface area contributed by atoms with Crippen LogP contribution in [0.15, 0.2) is 29.4 Å². The molecular formula is C11H9N5O2. The number of nitrogens with zero attached hydrogens (tertiary/aromatic N) is 5. The number of rotatable bonds is 5. The average Bonchev–Trinajstić information content (AvgIpc) is 2.38. The van der Waals surface area contributed by atoms with Gasteiger partial charge in [0.05, 0.1) is 22.1 Å². The Hall–Kier alpha value is -2.84. The summed E-state index contributed by atoms with van der Waals surface area (Å²) in [5.41, 5.74) is 8.61. The Morgan fingerprint density at radius 3 is 3.00 bits per heavy atom. The van der Waals surface area contributed by atoms with Gasteiger partial charge in [0, 0.05) is 17.5 Å². The summed E-state index contributed by atoms with van der Waals surface area (Å²) in [4.78, 5) is 12.9. The van der Waals surface area contributed by atoms with Gasteiger partial charge in [-0.2, -0.15) is 5.26 Å². The first-order valence-electron chi connectivity index (χ1n) is 5.05. The van der Waals surface area contributed by atoms with Crippen molar-refractivity contribution in [1.82, 2.24) is 0 Å². The van der Waals surface area contributed by atoms with E-state index in [-0.39, 0.29) is 11.3 Å². The van der Waals surface area contributed by atoms with Gasteiger partial charge in [-0.3, -0.25) is 10.1 Å². The van der Waals surface area contributed by atoms with Gasteiger partial charge in [0.25, 0.3) is 5.69 Å². The predicted octanol–water partition coefficient (Wildman–Crippen LogP) is 3.18. The summed E-state index contributed by atoms with van der Waals surface area (Å²) in [6.07, 6.45) is 3.76. The first kappa shape index (κ1) is 13.2. The first-order chi connectivity index (χ1) is 8.69. The first-order valence-corrected chi connectivity index (χ1v) is 5.05. The molecule has 0 N–H and O–H groups in total. The Balaban J connectivity index is 2.91. The second kappa shape index (κ2) is 6.68. The molecule has 0 unspecified atom stereocenters. The number of nitriles is 1. The lowest BCUT2D eigenvalue weighted by Crippen LogP contribution is -1.92. The monoisotopic (exact) mass is 243 g/mol. The largest absolute Gasteiger partial charge is 0.277 e. The molecule has 0 saturated heterocycles. The molecule has 1 aromatic carbocycles. The van der Waals surface area contributed by atoms with Crippen LogP contribution >= 0.6 is 0 Å². The molecule has 1 aromatic rings. The molecule has 0 aliphatic heterocycles. The van der Waals surface area contributed by atoms with E-state index in [1.54, 1.807) is 12.2 Å². The molecule has 0 radical (unpaired) electrons. The van der Waals surface area contributed by atoms with Crippen LogP contribution in [0, 0.1) is 21.4 Å². The van der Waals surface area contributed by atoms with E-state index in [4.69, 9.17) is 10.8 Å². The normalized spacial score (nSPS) is 9.72. The lowest BCUT2D eigenvalue weighted by atomic mass is 10.1. The van der Waals surface area contributed by atoms with Gasteiger partial charge in [-0.15, -0.1) is 0 Å². The van der Waals surface area contributed by atoms with E-state index in [9.17, 15) is 10.1 Å². The topological polar surface area (TPSA) is 116 Å². The number of benzene rings is 1. The van der Waals surface area contributed by atoms with Gasteiger partial charge < -0.3 is 0 Å². The number of hydrogen-bond donors (Lipinski definition) is 0. The van der Waals surface area contributed by atoms with Crippen molar-refractivity contribution in [3.8, 4) is 6.07 Å². The Bertz CT molecular complexity index is 567. The third-order valence-electron chi connectivity index (χ3n) is 2.11. The fraction of sp³-hybridized carbons (Fsp3) is 0.182. The molecule has 18 heavy (non-hydrogen) atoms. The molecule has 7 heteroatoms. The lowest BCUT2D eigenvalue weighted by Gasteiger charge is -1.97. The molecule has 0 spiro atoms. The highest BCUT2D eigenvalue weighted by Gasteiger charge is 2.11. The quantitative estimate of drug-likeness (QED) is 0.197. The molecule has 0 aromatic heterocycles. The van der Waals surface area contributed by atoms with Crippen LogP contribution in [0.1, 0.15) is 17.5 Å². The Morgan fingerprint density at radius 1 is 1.61 bits per heavy atom. The second-order valence-electron chi connectivity index (χ2n) is 3.29. The second-order valence-corrected chi connectivity index (χ2v) is 3.29. The maximum absolute atomic E-state index is 10.8. The van der Waals surface area contributed by atoms with Gasteiger partial charge in [-0.05, 0) is 24.1 Å². The van der Waals surface area contributed by atoms with E-state index in [0.717, 1.165) is 0 Å². The Kier molecular flexibility index (Phi) is 4.91. The number of nitro benzene ring substituents is 1.